The van der Waals surface area contributed by atoms with E-state index in [1.807, 2.05) is 42.5 Å². The zero-order chi connectivity index (χ0) is 17.2. The molecular formula is C20H19NO4. The Kier molecular flexibility index (Phi) is 4.15. The first-order chi connectivity index (χ1) is 12.3. The molecule has 3 atom stereocenters. The second-order valence-corrected chi connectivity index (χ2v) is 6.36. The molecule has 1 fully saturated rings. The number of ether oxygens (including phenoxy) is 2. The molecule has 1 aromatic carbocycles. The third kappa shape index (κ3) is 2.98. The molecule has 1 amide bonds. The van der Waals surface area contributed by atoms with Gasteiger partial charge in [0.05, 0.1) is 5.92 Å². The average molecular weight is 337 g/mol. The SMILES string of the molecule is O=C(NO)[C@H]1[C@H](C2=COC=C(C3=CC=CCC3)O2)[C@H]1c1ccccc1. The first-order valence-corrected chi connectivity index (χ1v) is 8.38. The van der Waals surface area contributed by atoms with Gasteiger partial charge in [0.2, 0.25) is 5.91 Å². The fraction of sp³-hybridized carbons (Fsp3) is 0.250. The van der Waals surface area contributed by atoms with Gasteiger partial charge >= 0.3 is 0 Å². The lowest BCUT2D eigenvalue weighted by molar-refractivity contribution is -0.130. The van der Waals surface area contributed by atoms with Crippen LogP contribution < -0.4 is 5.48 Å². The third-order valence-corrected chi connectivity index (χ3v) is 4.86. The monoisotopic (exact) mass is 337 g/mol. The summed E-state index contributed by atoms with van der Waals surface area (Å²) >= 11 is 0. The number of carbonyl (C=O) groups is 1. The fourth-order valence-corrected chi connectivity index (χ4v) is 3.59. The quantitative estimate of drug-likeness (QED) is 0.651. The van der Waals surface area contributed by atoms with Gasteiger partial charge in [-0.1, -0.05) is 48.6 Å². The van der Waals surface area contributed by atoms with E-state index in [1.165, 1.54) is 0 Å². The Balaban J connectivity index is 1.56. The summed E-state index contributed by atoms with van der Waals surface area (Å²) in [6.07, 6.45) is 11.1. The zero-order valence-electron chi connectivity index (χ0n) is 13.6. The van der Waals surface area contributed by atoms with Gasteiger partial charge in [-0.15, -0.1) is 0 Å². The fourth-order valence-electron chi connectivity index (χ4n) is 3.59. The normalized spacial score (nSPS) is 27.2. The Hall–Kier alpha value is -2.79. The summed E-state index contributed by atoms with van der Waals surface area (Å²) in [5.74, 6) is 0.334. The van der Waals surface area contributed by atoms with Crippen molar-refractivity contribution in [2.24, 2.45) is 11.8 Å². The third-order valence-electron chi connectivity index (χ3n) is 4.86. The minimum absolute atomic E-state index is 0.0391. The van der Waals surface area contributed by atoms with Crippen molar-refractivity contribution < 1.29 is 19.5 Å². The molecule has 0 aromatic heterocycles. The molecule has 128 valence electrons. The van der Waals surface area contributed by atoms with Crippen molar-refractivity contribution in [3.8, 4) is 0 Å². The van der Waals surface area contributed by atoms with Gasteiger partial charge < -0.3 is 9.47 Å². The van der Waals surface area contributed by atoms with Crippen LogP contribution in [0.3, 0.4) is 0 Å². The number of hydrogen-bond acceptors (Lipinski definition) is 4. The van der Waals surface area contributed by atoms with Crippen molar-refractivity contribution in [2.75, 3.05) is 0 Å². The summed E-state index contributed by atoms with van der Waals surface area (Å²) < 4.78 is 11.5. The molecule has 0 saturated heterocycles. The van der Waals surface area contributed by atoms with Crippen molar-refractivity contribution >= 4 is 5.91 Å². The molecule has 0 unspecified atom stereocenters. The first-order valence-electron chi connectivity index (χ1n) is 8.38. The predicted molar refractivity (Wildman–Crippen MR) is 90.9 cm³/mol. The van der Waals surface area contributed by atoms with Crippen LogP contribution in [0.15, 0.2) is 78.2 Å². The van der Waals surface area contributed by atoms with E-state index in [-0.39, 0.29) is 17.8 Å². The summed E-state index contributed by atoms with van der Waals surface area (Å²) in [5, 5.41) is 9.06. The number of amides is 1. The molecule has 2 aliphatic carbocycles. The maximum absolute atomic E-state index is 12.1. The highest BCUT2D eigenvalue weighted by Gasteiger charge is 2.59. The van der Waals surface area contributed by atoms with Crippen LogP contribution in [0.25, 0.3) is 0 Å². The van der Waals surface area contributed by atoms with Crippen LogP contribution in [0.5, 0.6) is 0 Å². The van der Waals surface area contributed by atoms with Crippen LogP contribution in [0, 0.1) is 11.8 Å². The largest absolute Gasteiger partial charge is 0.465 e. The molecule has 1 aromatic rings. The molecule has 5 nitrogen and oxygen atoms in total. The molecule has 0 bridgehead atoms. The smallest absolute Gasteiger partial charge is 0.247 e. The number of allylic oxidation sites excluding steroid dienone is 5. The van der Waals surface area contributed by atoms with Gasteiger partial charge in [0, 0.05) is 11.8 Å². The maximum atomic E-state index is 12.1. The van der Waals surface area contributed by atoms with E-state index in [1.54, 1.807) is 18.0 Å². The molecule has 1 heterocycles. The lowest BCUT2D eigenvalue weighted by Crippen LogP contribution is -2.22. The molecule has 0 spiro atoms. The van der Waals surface area contributed by atoms with Gasteiger partial charge in [-0.2, -0.15) is 0 Å². The minimum atomic E-state index is -0.403. The van der Waals surface area contributed by atoms with E-state index in [9.17, 15) is 4.79 Å². The molecular weight excluding hydrogens is 318 g/mol. The zero-order valence-corrected chi connectivity index (χ0v) is 13.6. The van der Waals surface area contributed by atoms with Gasteiger partial charge in [0.25, 0.3) is 0 Å². The van der Waals surface area contributed by atoms with Crippen LogP contribution in [-0.2, 0) is 14.3 Å². The Morgan fingerprint density at radius 2 is 2.00 bits per heavy atom. The van der Waals surface area contributed by atoms with E-state index >= 15 is 0 Å². The number of hydrogen-bond donors (Lipinski definition) is 2. The highest BCUT2D eigenvalue weighted by molar-refractivity contribution is 5.83. The lowest BCUT2D eigenvalue weighted by Gasteiger charge is -2.19. The topological polar surface area (TPSA) is 67.8 Å². The number of carbonyl (C=O) groups excluding carboxylic acids is 1. The molecule has 0 radical (unpaired) electrons. The average Bonchev–Trinajstić information content (AvgIpc) is 3.44. The summed E-state index contributed by atoms with van der Waals surface area (Å²) in [4.78, 5) is 12.1. The van der Waals surface area contributed by atoms with E-state index in [0.29, 0.717) is 11.5 Å². The molecule has 4 rings (SSSR count). The Bertz CT molecular complexity index is 791. The Morgan fingerprint density at radius 3 is 2.72 bits per heavy atom. The van der Waals surface area contributed by atoms with Gasteiger partial charge in [-0.25, -0.2) is 5.48 Å². The summed E-state index contributed by atoms with van der Waals surface area (Å²) in [6, 6.07) is 9.78. The lowest BCUT2D eigenvalue weighted by atomic mass is 10.0. The highest BCUT2D eigenvalue weighted by Crippen LogP contribution is 2.58. The second kappa shape index (κ2) is 6.61. The van der Waals surface area contributed by atoms with Crippen molar-refractivity contribution in [3.05, 3.63) is 83.7 Å². The Morgan fingerprint density at radius 1 is 1.16 bits per heavy atom. The van der Waals surface area contributed by atoms with Crippen molar-refractivity contribution in [2.45, 2.75) is 18.8 Å². The highest BCUT2D eigenvalue weighted by atomic mass is 16.5. The molecule has 25 heavy (non-hydrogen) atoms. The van der Waals surface area contributed by atoms with Gasteiger partial charge in [-0.3, -0.25) is 10.0 Å². The van der Waals surface area contributed by atoms with E-state index in [2.05, 4.69) is 6.08 Å². The summed E-state index contributed by atoms with van der Waals surface area (Å²) in [6.45, 7) is 0. The Labute approximate surface area is 145 Å². The predicted octanol–water partition coefficient (Wildman–Crippen LogP) is 3.53. The molecule has 2 N–H and O–H groups in total. The number of rotatable bonds is 4. The van der Waals surface area contributed by atoms with E-state index in [0.717, 1.165) is 24.0 Å². The number of hydroxylamine groups is 1. The first kappa shape index (κ1) is 15.7. The van der Waals surface area contributed by atoms with Crippen LogP contribution in [0.4, 0.5) is 0 Å². The number of nitrogens with one attached hydrogen (secondary N) is 1. The summed E-state index contributed by atoms with van der Waals surface area (Å²) in [7, 11) is 0. The van der Waals surface area contributed by atoms with Crippen LogP contribution in [0.1, 0.15) is 24.3 Å². The summed E-state index contributed by atoms with van der Waals surface area (Å²) in [5.41, 5.74) is 3.89. The molecule has 1 aliphatic heterocycles. The molecule has 3 aliphatic rings. The van der Waals surface area contributed by atoms with E-state index < -0.39 is 5.91 Å². The standard InChI is InChI=1S/C20H19NO4/c22-20(21-23)19-17(14-9-5-2-6-10-14)18(19)16-12-24-11-15(25-16)13-7-3-1-4-8-13/h1-3,5-7,9-12,17-19,23H,4,8H2,(H,21,22)/t17-,18-,19-/m1/s1. The maximum Gasteiger partial charge on any atom is 0.247 e. The molecule has 1 saturated carbocycles. The van der Waals surface area contributed by atoms with Crippen LogP contribution in [0.2, 0.25) is 0 Å². The van der Waals surface area contributed by atoms with Crippen molar-refractivity contribution in [1.82, 2.24) is 5.48 Å². The minimum Gasteiger partial charge on any atom is -0.465 e. The van der Waals surface area contributed by atoms with Crippen LogP contribution in [-0.4, -0.2) is 11.1 Å². The van der Waals surface area contributed by atoms with E-state index in [4.69, 9.17) is 14.7 Å². The van der Waals surface area contributed by atoms with Crippen molar-refractivity contribution in [3.63, 3.8) is 0 Å². The number of benzene rings is 1. The van der Waals surface area contributed by atoms with Gasteiger partial charge in [-0.05, 0) is 24.0 Å². The van der Waals surface area contributed by atoms with Gasteiger partial charge in [0.15, 0.2) is 5.76 Å². The molecule has 5 heteroatoms. The van der Waals surface area contributed by atoms with Crippen LogP contribution >= 0.6 is 0 Å². The van der Waals surface area contributed by atoms with Gasteiger partial charge in [0.1, 0.15) is 18.3 Å². The second-order valence-electron chi connectivity index (χ2n) is 6.36. The van der Waals surface area contributed by atoms with Crippen molar-refractivity contribution in [1.29, 1.82) is 0 Å².